The van der Waals surface area contributed by atoms with Crippen molar-refractivity contribution in [3.05, 3.63) is 56.8 Å². The van der Waals surface area contributed by atoms with E-state index in [0.717, 1.165) is 23.2 Å². The van der Waals surface area contributed by atoms with E-state index >= 15 is 0 Å². The quantitative estimate of drug-likeness (QED) is 0.816. The molecule has 7 nitrogen and oxygen atoms in total. The molecule has 0 aromatic carbocycles. The van der Waals surface area contributed by atoms with Crippen molar-refractivity contribution in [3.8, 4) is 0 Å². The molecule has 1 amide bonds. The Hall–Kier alpha value is -2.57. The highest BCUT2D eigenvalue weighted by Gasteiger charge is 2.33. The van der Waals surface area contributed by atoms with Gasteiger partial charge >= 0.3 is 5.69 Å². The fourth-order valence-electron chi connectivity index (χ4n) is 2.87. The van der Waals surface area contributed by atoms with Crippen LogP contribution in [0.3, 0.4) is 0 Å². The first-order valence-electron chi connectivity index (χ1n) is 7.12. The van der Waals surface area contributed by atoms with Crippen molar-refractivity contribution in [3.63, 3.8) is 0 Å². The van der Waals surface area contributed by atoms with Gasteiger partial charge in [-0.2, -0.15) is 0 Å². The van der Waals surface area contributed by atoms with Crippen LogP contribution in [0, 0.1) is 0 Å². The summed E-state index contributed by atoms with van der Waals surface area (Å²) in [6, 6.07) is 4.67. The average molecular weight is 303 g/mol. The molecule has 1 fully saturated rings. The van der Waals surface area contributed by atoms with Gasteiger partial charge in [0.15, 0.2) is 0 Å². The Morgan fingerprint density at radius 2 is 2.05 bits per heavy atom. The van der Waals surface area contributed by atoms with Gasteiger partial charge in [0.25, 0.3) is 11.5 Å². The molecule has 1 saturated heterocycles. The second-order valence-electron chi connectivity index (χ2n) is 5.44. The van der Waals surface area contributed by atoms with Crippen molar-refractivity contribution in [2.75, 3.05) is 6.54 Å². The van der Waals surface area contributed by atoms with Crippen molar-refractivity contribution in [1.29, 1.82) is 0 Å². The zero-order valence-corrected chi connectivity index (χ0v) is 12.5. The van der Waals surface area contributed by atoms with Crippen LogP contribution in [0.2, 0.25) is 0 Å². The van der Waals surface area contributed by atoms with E-state index in [1.165, 1.54) is 24.7 Å². The van der Waals surface area contributed by atoms with E-state index < -0.39 is 11.2 Å². The molecule has 0 bridgehead atoms. The van der Waals surface area contributed by atoms with Crippen LogP contribution in [0.25, 0.3) is 0 Å². The summed E-state index contributed by atoms with van der Waals surface area (Å²) in [5, 5.41) is 0. The van der Waals surface area contributed by atoms with Crippen molar-refractivity contribution in [2.24, 2.45) is 14.1 Å². The molecule has 1 aliphatic heterocycles. The SMILES string of the molecule is Cn1c(C(=O)N2CCCC2c2ccco2)cc(=O)n(C)c1=O. The topological polar surface area (TPSA) is 77.5 Å². The zero-order chi connectivity index (χ0) is 15.9. The van der Waals surface area contributed by atoms with E-state index in [1.54, 1.807) is 17.2 Å². The molecule has 7 heteroatoms. The zero-order valence-electron chi connectivity index (χ0n) is 12.5. The number of hydrogen-bond acceptors (Lipinski definition) is 4. The largest absolute Gasteiger partial charge is 0.467 e. The minimum absolute atomic E-state index is 0.103. The third-order valence-electron chi connectivity index (χ3n) is 4.13. The van der Waals surface area contributed by atoms with Gasteiger partial charge in [0, 0.05) is 26.7 Å². The summed E-state index contributed by atoms with van der Waals surface area (Å²) in [4.78, 5) is 38.2. The molecule has 1 atom stereocenters. The molecule has 0 spiro atoms. The molecule has 116 valence electrons. The third kappa shape index (κ3) is 2.18. The summed E-state index contributed by atoms with van der Waals surface area (Å²) in [6.45, 7) is 0.577. The lowest BCUT2D eigenvalue weighted by atomic mass is 10.1. The standard InChI is InChI=1S/C15H17N3O4/c1-16-11(9-13(19)17(2)15(16)21)14(20)18-7-3-5-10(18)12-6-4-8-22-12/h4,6,8-10H,3,5,7H2,1-2H3. The Balaban J connectivity index is 2.01. The average Bonchev–Trinajstić information content (AvgIpc) is 3.17. The van der Waals surface area contributed by atoms with Crippen molar-refractivity contribution < 1.29 is 9.21 Å². The molecule has 0 aliphatic carbocycles. The summed E-state index contributed by atoms with van der Waals surface area (Å²) in [6.07, 6.45) is 3.23. The summed E-state index contributed by atoms with van der Waals surface area (Å²) in [5.74, 6) is 0.399. The Morgan fingerprint density at radius 3 is 2.73 bits per heavy atom. The molecule has 22 heavy (non-hydrogen) atoms. The fraction of sp³-hybridized carbons (Fsp3) is 0.400. The molecule has 3 heterocycles. The first-order valence-corrected chi connectivity index (χ1v) is 7.12. The number of carbonyl (C=O) groups excluding carboxylic acids is 1. The lowest BCUT2D eigenvalue weighted by molar-refractivity contribution is 0.0707. The summed E-state index contributed by atoms with van der Waals surface area (Å²) >= 11 is 0. The molecule has 1 aliphatic rings. The lowest BCUT2D eigenvalue weighted by Crippen LogP contribution is -2.42. The lowest BCUT2D eigenvalue weighted by Gasteiger charge is -2.24. The first-order chi connectivity index (χ1) is 10.5. The smallest absolute Gasteiger partial charge is 0.331 e. The van der Waals surface area contributed by atoms with Gasteiger partial charge in [0.1, 0.15) is 11.5 Å². The fourth-order valence-corrected chi connectivity index (χ4v) is 2.87. The summed E-state index contributed by atoms with van der Waals surface area (Å²) in [7, 11) is 2.88. The Bertz CT molecular complexity index is 816. The molecule has 0 radical (unpaired) electrons. The van der Waals surface area contributed by atoms with Crippen LogP contribution in [0.4, 0.5) is 0 Å². The number of likely N-dealkylation sites (tertiary alicyclic amines) is 1. The predicted octanol–water partition coefficient (Wildman–Crippen LogP) is 0.654. The Labute approximate surface area is 126 Å². The van der Waals surface area contributed by atoms with Gasteiger partial charge in [-0.25, -0.2) is 4.79 Å². The summed E-state index contributed by atoms with van der Waals surface area (Å²) in [5.41, 5.74) is -0.892. The Kier molecular flexibility index (Phi) is 3.48. The van der Waals surface area contributed by atoms with E-state index in [0.29, 0.717) is 6.54 Å². The highest BCUT2D eigenvalue weighted by Crippen LogP contribution is 2.32. The van der Waals surface area contributed by atoms with Crippen molar-refractivity contribution >= 4 is 5.91 Å². The molecule has 1 unspecified atom stereocenters. The van der Waals surface area contributed by atoms with Gasteiger partial charge in [0.2, 0.25) is 0 Å². The third-order valence-corrected chi connectivity index (χ3v) is 4.13. The maximum atomic E-state index is 12.8. The van der Waals surface area contributed by atoms with E-state index in [-0.39, 0.29) is 17.6 Å². The van der Waals surface area contributed by atoms with Crippen LogP contribution in [0.1, 0.15) is 35.1 Å². The van der Waals surface area contributed by atoms with Crippen LogP contribution in [-0.2, 0) is 14.1 Å². The number of nitrogens with zero attached hydrogens (tertiary/aromatic N) is 3. The van der Waals surface area contributed by atoms with Gasteiger partial charge in [0.05, 0.1) is 12.3 Å². The minimum Gasteiger partial charge on any atom is -0.467 e. The van der Waals surface area contributed by atoms with Crippen molar-refractivity contribution in [1.82, 2.24) is 14.0 Å². The maximum absolute atomic E-state index is 12.8. The van der Waals surface area contributed by atoms with Gasteiger partial charge in [-0.05, 0) is 25.0 Å². The number of carbonyl (C=O) groups is 1. The normalized spacial score (nSPS) is 17.9. The molecular formula is C15H17N3O4. The molecule has 3 rings (SSSR count). The van der Waals surface area contributed by atoms with E-state index in [2.05, 4.69) is 0 Å². The molecule has 0 saturated carbocycles. The molecule has 2 aromatic rings. The number of furan rings is 1. The summed E-state index contributed by atoms with van der Waals surface area (Å²) < 4.78 is 7.59. The molecular weight excluding hydrogens is 286 g/mol. The van der Waals surface area contributed by atoms with Crippen LogP contribution in [0.5, 0.6) is 0 Å². The second-order valence-corrected chi connectivity index (χ2v) is 5.44. The highest BCUT2D eigenvalue weighted by molar-refractivity contribution is 5.92. The highest BCUT2D eigenvalue weighted by atomic mass is 16.3. The maximum Gasteiger partial charge on any atom is 0.331 e. The van der Waals surface area contributed by atoms with E-state index in [4.69, 9.17) is 4.42 Å². The van der Waals surface area contributed by atoms with Crippen LogP contribution < -0.4 is 11.2 Å². The van der Waals surface area contributed by atoms with Gasteiger partial charge < -0.3 is 9.32 Å². The second kappa shape index (κ2) is 5.32. The van der Waals surface area contributed by atoms with Gasteiger partial charge in [-0.15, -0.1) is 0 Å². The monoisotopic (exact) mass is 303 g/mol. The van der Waals surface area contributed by atoms with E-state index in [1.807, 2.05) is 6.07 Å². The van der Waals surface area contributed by atoms with Crippen LogP contribution in [0.15, 0.2) is 38.5 Å². The van der Waals surface area contributed by atoms with Crippen molar-refractivity contribution in [2.45, 2.75) is 18.9 Å². The predicted molar refractivity (Wildman–Crippen MR) is 78.6 cm³/mol. The van der Waals surface area contributed by atoms with Crippen LogP contribution in [-0.4, -0.2) is 26.5 Å². The number of amides is 1. The molecule has 2 aromatic heterocycles. The van der Waals surface area contributed by atoms with Crippen LogP contribution >= 0.6 is 0 Å². The number of aromatic nitrogens is 2. The van der Waals surface area contributed by atoms with Gasteiger partial charge in [-0.1, -0.05) is 0 Å². The van der Waals surface area contributed by atoms with Gasteiger partial charge in [-0.3, -0.25) is 18.7 Å². The Morgan fingerprint density at radius 1 is 1.27 bits per heavy atom. The molecule has 0 N–H and O–H groups in total. The number of hydrogen-bond donors (Lipinski definition) is 0. The minimum atomic E-state index is -0.510. The number of rotatable bonds is 2. The van der Waals surface area contributed by atoms with E-state index in [9.17, 15) is 14.4 Å². The first kappa shape index (κ1) is 14.4.